The topological polar surface area (TPSA) is 174 Å². The van der Waals surface area contributed by atoms with E-state index in [1.807, 2.05) is 41.5 Å². The van der Waals surface area contributed by atoms with Crippen LogP contribution in [0.1, 0.15) is 140 Å². The quantitative estimate of drug-likeness (QED) is 0.189. The molecule has 2 saturated heterocycles. The second kappa shape index (κ2) is 14.6. The summed E-state index contributed by atoms with van der Waals surface area (Å²) in [4.78, 5) is 75.9. The summed E-state index contributed by atoms with van der Waals surface area (Å²) in [5, 5.41) is 8.55. The maximum atomic E-state index is 15.2. The highest BCUT2D eigenvalue weighted by atomic mass is 32.2. The van der Waals surface area contributed by atoms with E-state index in [1.54, 1.807) is 11.0 Å². The molecule has 0 aromatic heterocycles. The lowest BCUT2D eigenvalue weighted by Crippen LogP contribution is -2.64. The van der Waals surface area contributed by atoms with Gasteiger partial charge in [0.05, 0.1) is 11.3 Å². The van der Waals surface area contributed by atoms with Crippen LogP contribution < -0.4 is 20.7 Å². The average molecular weight is 815 g/mol. The highest BCUT2D eigenvalue weighted by Crippen LogP contribution is 2.88. The zero-order chi connectivity index (χ0) is 42.3. The van der Waals surface area contributed by atoms with Gasteiger partial charge < -0.3 is 20.9 Å². The maximum Gasteiger partial charge on any atom is 0.259 e. The monoisotopic (exact) mass is 815 g/mol. The number of rotatable bonds is 14. The number of hydrogen-bond donors (Lipinski definition) is 4. The van der Waals surface area contributed by atoms with Gasteiger partial charge in [0.15, 0.2) is 0 Å². The van der Waals surface area contributed by atoms with Crippen molar-refractivity contribution in [2.24, 2.45) is 33.0 Å². The fraction of sp³-hybridized carbons (Fsp3) is 0.837. The van der Waals surface area contributed by atoms with Crippen molar-refractivity contribution in [3.05, 3.63) is 12.7 Å². The molecule has 57 heavy (non-hydrogen) atoms. The van der Waals surface area contributed by atoms with Gasteiger partial charge in [-0.15, -0.1) is 6.58 Å². The summed E-state index contributed by atoms with van der Waals surface area (Å²) in [5.74, 6) is -2.80. The van der Waals surface area contributed by atoms with Crippen LogP contribution >= 0.6 is 0 Å². The van der Waals surface area contributed by atoms with E-state index in [2.05, 4.69) is 59.8 Å². The second-order valence-electron chi connectivity index (χ2n) is 20.9. The standard InChI is InChI=1S/C43H70N6O7S/c1-12-27-23-43(27,37(54)47-57(55,56)28-18-19-28)46-34(51)30-24-42(40(10,11)41(42)20-16-21-41)25-49(30)36(53)32(38(5,6)7)45-35(52)31(39(8,9)13-2)44-33(50)29-17-14-15-22-48(29)26(3)4/h12,26-32H,1,13-25H2,2-11H3,(H,44,50)(H,45,52)(H,46,51)(H,47,54)/t27-,29+,30+,31-,32-,42-,43-/m1/s1. The number of nitrogens with zero attached hydrogens (tertiary/aromatic N) is 2. The molecule has 6 rings (SSSR count). The molecule has 7 atom stereocenters. The zero-order valence-electron chi connectivity index (χ0n) is 36.2. The van der Waals surface area contributed by atoms with Crippen molar-refractivity contribution < 1.29 is 32.4 Å². The number of carbonyl (C=O) groups excluding carboxylic acids is 5. The summed E-state index contributed by atoms with van der Waals surface area (Å²) in [6.07, 6.45) is 9.45. The molecule has 4 N–H and O–H groups in total. The summed E-state index contributed by atoms with van der Waals surface area (Å²) in [6, 6.07) is -3.11. The third-order valence-corrected chi connectivity index (χ3v) is 17.6. The molecule has 2 aliphatic heterocycles. The lowest BCUT2D eigenvalue weighted by Gasteiger charge is -2.41. The molecule has 5 amide bonds. The predicted molar refractivity (Wildman–Crippen MR) is 219 cm³/mol. The van der Waals surface area contributed by atoms with Crippen molar-refractivity contribution in [3.63, 3.8) is 0 Å². The number of likely N-dealkylation sites (tertiary alicyclic amines) is 2. The van der Waals surface area contributed by atoms with Crippen molar-refractivity contribution in [1.82, 2.24) is 30.5 Å². The number of sulfonamides is 1. The van der Waals surface area contributed by atoms with E-state index in [0.29, 0.717) is 38.6 Å². The van der Waals surface area contributed by atoms with E-state index in [9.17, 15) is 27.6 Å². The Bertz CT molecular complexity index is 1780. The molecule has 0 aromatic rings. The summed E-state index contributed by atoms with van der Waals surface area (Å²) < 4.78 is 27.9. The number of nitrogens with one attached hydrogen (secondary N) is 4. The third-order valence-electron chi connectivity index (χ3n) is 15.8. The molecule has 2 heterocycles. The minimum Gasteiger partial charge on any atom is -0.342 e. The highest BCUT2D eigenvalue weighted by molar-refractivity contribution is 7.91. The molecule has 13 nitrogen and oxygen atoms in total. The summed E-state index contributed by atoms with van der Waals surface area (Å²) in [7, 11) is -3.87. The normalized spacial score (nSPS) is 31.6. The Labute approximate surface area is 341 Å². The van der Waals surface area contributed by atoms with Crippen LogP contribution in [0, 0.1) is 33.0 Å². The lowest BCUT2D eigenvalue weighted by atomic mass is 9.73. The SMILES string of the molecule is C=C[C@@H]1C[C@]1(NC(=O)[C@@H]1C[C@@]2(CN1C(=O)[C@@H](NC(=O)[C@@H](NC(=O)[C@@H]1CCCCN1C(C)C)C(C)(C)CC)C(C)(C)C)C(C)(C)C21CCC1)C(=O)NS(=O)(=O)C1CC1. The highest BCUT2D eigenvalue weighted by Gasteiger charge is 2.85. The Morgan fingerprint density at radius 2 is 1.51 bits per heavy atom. The first kappa shape index (κ1) is 43.6. The van der Waals surface area contributed by atoms with Gasteiger partial charge in [-0.3, -0.25) is 33.6 Å². The lowest BCUT2D eigenvalue weighted by molar-refractivity contribution is -0.145. The first-order valence-corrected chi connectivity index (χ1v) is 23.1. The minimum absolute atomic E-state index is 0.0197. The molecule has 0 radical (unpaired) electrons. The Morgan fingerprint density at radius 3 is 2.00 bits per heavy atom. The minimum atomic E-state index is -3.87. The Morgan fingerprint density at radius 1 is 0.860 bits per heavy atom. The molecule has 320 valence electrons. The van der Waals surface area contributed by atoms with Gasteiger partial charge in [0.1, 0.15) is 23.7 Å². The van der Waals surface area contributed by atoms with Crippen LogP contribution in [0.25, 0.3) is 0 Å². The first-order valence-electron chi connectivity index (χ1n) is 21.5. The van der Waals surface area contributed by atoms with Gasteiger partial charge in [-0.05, 0) is 99.8 Å². The number of carbonyl (C=O) groups is 5. The van der Waals surface area contributed by atoms with E-state index >= 15 is 4.79 Å². The van der Waals surface area contributed by atoms with Crippen LogP contribution in [0.5, 0.6) is 0 Å². The van der Waals surface area contributed by atoms with E-state index < -0.39 is 79.3 Å². The summed E-state index contributed by atoms with van der Waals surface area (Å²) in [5.41, 5.74) is -3.43. The van der Waals surface area contributed by atoms with E-state index in [4.69, 9.17) is 0 Å². The summed E-state index contributed by atoms with van der Waals surface area (Å²) in [6.45, 7) is 25.1. The van der Waals surface area contributed by atoms with Gasteiger partial charge in [0, 0.05) is 23.9 Å². The van der Waals surface area contributed by atoms with Crippen LogP contribution in [-0.2, 0) is 34.0 Å². The van der Waals surface area contributed by atoms with Crippen molar-refractivity contribution >= 4 is 39.6 Å². The van der Waals surface area contributed by atoms with Gasteiger partial charge in [-0.25, -0.2) is 8.42 Å². The fourth-order valence-electron chi connectivity index (χ4n) is 11.0. The number of fused-ring (bicyclic) bond motifs is 1. The Hall–Kier alpha value is -3.00. The maximum absolute atomic E-state index is 15.2. The molecule has 0 unspecified atom stereocenters. The number of piperidine rings is 1. The van der Waals surface area contributed by atoms with Crippen LogP contribution in [0.4, 0.5) is 0 Å². The van der Waals surface area contributed by atoms with E-state index in [1.165, 1.54) is 0 Å². The molecular weight excluding hydrogens is 745 g/mol. The molecule has 6 aliphatic rings. The largest absolute Gasteiger partial charge is 0.342 e. The number of hydrogen-bond acceptors (Lipinski definition) is 8. The van der Waals surface area contributed by atoms with Crippen molar-refractivity contribution in [2.45, 2.75) is 181 Å². The van der Waals surface area contributed by atoms with Gasteiger partial charge in [-0.2, -0.15) is 0 Å². The fourth-order valence-corrected chi connectivity index (χ4v) is 12.4. The third kappa shape index (κ3) is 7.24. The van der Waals surface area contributed by atoms with Gasteiger partial charge in [-0.1, -0.05) is 74.3 Å². The summed E-state index contributed by atoms with van der Waals surface area (Å²) >= 11 is 0. The Balaban J connectivity index is 1.28. The van der Waals surface area contributed by atoms with Crippen molar-refractivity contribution in [3.8, 4) is 0 Å². The van der Waals surface area contributed by atoms with Gasteiger partial charge >= 0.3 is 0 Å². The zero-order valence-corrected chi connectivity index (χ0v) is 37.0. The average Bonchev–Trinajstić information content (AvgIpc) is 4.06. The Kier molecular flexibility index (Phi) is 11.2. The molecule has 6 fully saturated rings. The van der Waals surface area contributed by atoms with Crippen LogP contribution in [0.2, 0.25) is 0 Å². The van der Waals surface area contributed by atoms with Gasteiger partial charge in [0.2, 0.25) is 33.7 Å². The van der Waals surface area contributed by atoms with Crippen molar-refractivity contribution in [1.29, 1.82) is 0 Å². The predicted octanol–water partition coefficient (Wildman–Crippen LogP) is 4.17. The molecular formula is C43H70N6O7S. The molecule has 2 spiro atoms. The molecule has 0 bridgehead atoms. The van der Waals surface area contributed by atoms with Crippen LogP contribution in [-0.4, -0.2) is 102 Å². The van der Waals surface area contributed by atoms with Crippen LogP contribution in [0.3, 0.4) is 0 Å². The molecule has 0 aromatic carbocycles. The first-order chi connectivity index (χ1) is 26.4. The molecule has 4 aliphatic carbocycles. The van der Waals surface area contributed by atoms with Gasteiger partial charge in [0.25, 0.3) is 5.91 Å². The number of amides is 5. The van der Waals surface area contributed by atoms with Crippen LogP contribution in [0.15, 0.2) is 12.7 Å². The van der Waals surface area contributed by atoms with E-state index in [0.717, 1.165) is 38.6 Å². The van der Waals surface area contributed by atoms with E-state index in [-0.39, 0.29) is 40.7 Å². The molecule has 4 saturated carbocycles. The van der Waals surface area contributed by atoms with Crippen molar-refractivity contribution in [2.75, 3.05) is 13.1 Å². The second-order valence-corrected chi connectivity index (χ2v) is 22.9. The molecule has 14 heteroatoms. The smallest absolute Gasteiger partial charge is 0.259 e.